The van der Waals surface area contributed by atoms with E-state index < -0.39 is 17.4 Å². The van der Waals surface area contributed by atoms with E-state index in [2.05, 4.69) is 10.1 Å². The molecule has 0 bridgehead atoms. The highest BCUT2D eigenvalue weighted by atomic mass is 35.5. The molecule has 0 unspecified atom stereocenters. The number of aromatic nitrogens is 5. The fourth-order valence-corrected chi connectivity index (χ4v) is 4.46. The zero-order chi connectivity index (χ0) is 25.1. The molecule has 2 amide bonds. The van der Waals surface area contributed by atoms with Gasteiger partial charge < -0.3 is 11.5 Å². The molecule has 0 saturated carbocycles. The Morgan fingerprint density at radius 2 is 1.74 bits per heavy atom. The molecule has 0 radical (unpaired) electrons. The number of imidazole rings is 1. The number of halogens is 2. The highest BCUT2D eigenvalue weighted by molar-refractivity contribution is 6.39. The molecule has 0 aliphatic rings. The number of hydrogen-bond acceptors (Lipinski definition) is 5. The van der Waals surface area contributed by atoms with Gasteiger partial charge in [0.1, 0.15) is 22.6 Å². The van der Waals surface area contributed by atoms with E-state index in [-0.39, 0.29) is 11.4 Å². The van der Waals surface area contributed by atoms with E-state index in [0.717, 1.165) is 11.1 Å². The standard InChI is InChI=1S/C24H19Cl2N7O2/c1-24(2,23(28)35)33-11-13(10-30-33)12-8-14-17(29-9-12)6-7-32-20(21(27)34)19(31-22(14)32)18-15(25)4-3-5-16(18)26/h3-11H,1-2H3,(H2,27,34)(H2,28,35). The summed E-state index contributed by atoms with van der Waals surface area (Å²) in [4.78, 5) is 33.6. The van der Waals surface area contributed by atoms with Crippen LogP contribution in [0.3, 0.4) is 0 Å². The van der Waals surface area contributed by atoms with Gasteiger partial charge in [0.05, 0.1) is 21.8 Å². The van der Waals surface area contributed by atoms with E-state index in [1.807, 2.05) is 6.07 Å². The predicted molar refractivity (Wildman–Crippen MR) is 134 cm³/mol. The van der Waals surface area contributed by atoms with Crippen LogP contribution in [0.4, 0.5) is 0 Å². The van der Waals surface area contributed by atoms with Crippen LogP contribution in [-0.2, 0) is 10.3 Å². The van der Waals surface area contributed by atoms with Crippen LogP contribution in [0.15, 0.2) is 55.1 Å². The van der Waals surface area contributed by atoms with Crippen molar-refractivity contribution in [1.82, 2.24) is 24.1 Å². The maximum absolute atomic E-state index is 12.5. The van der Waals surface area contributed by atoms with Gasteiger partial charge in [0.2, 0.25) is 5.91 Å². The van der Waals surface area contributed by atoms with E-state index in [1.165, 1.54) is 4.68 Å². The number of benzene rings is 1. The molecule has 0 aliphatic carbocycles. The maximum atomic E-state index is 12.5. The molecule has 9 nitrogen and oxygen atoms in total. The number of primary amides is 2. The fourth-order valence-electron chi connectivity index (χ4n) is 3.88. The molecular formula is C24H19Cl2N7O2. The molecule has 4 aromatic heterocycles. The van der Waals surface area contributed by atoms with Gasteiger partial charge in [-0.25, -0.2) is 4.98 Å². The van der Waals surface area contributed by atoms with Crippen molar-refractivity contribution in [2.75, 3.05) is 0 Å². The summed E-state index contributed by atoms with van der Waals surface area (Å²) in [5.74, 6) is -1.19. The summed E-state index contributed by atoms with van der Waals surface area (Å²) >= 11 is 12.8. The summed E-state index contributed by atoms with van der Waals surface area (Å²) in [6, 6.07) is 8.68. The molecule has 11 heteroatoms. The first-order valence-electron chi connectivity index (χ1n) is 10.5. The molecule has 0 atom stereocenters. The van der Waals surface area contributed by atoms with Crippen LogP contribution < -0.4 is 11.5 Å². The summed E-state index contributed by atoms with van der Waals surface area (Å²) < 4.78 is 3.11. The molecule has 5 rings (SSSR count). The number of hydrogen-bond donors (Lipinski definition) is 2. The second-order valence-corrected chi connectivity index (χ2v) is 9.35. The van der Waals surface area contributed by atoms with Gasteiger partial charge >= 0.3 is 0 Å². The Kier molecular flexibility index (Phi) is 5.26. The first-order chi connectivity index (χ1) is 16.6. The van der Waals surface area contributed by atoms with Crippen molar-refractivity contribution >= 4 is 51.6 Å². The molecule has 176 valence electrons. The average molecular weight is 508 g/mol. The van der Waals surface area contributed by atoms with Crippen LogP contribution in [0.2, 0.25) is 10.0 Å². The molecule has 1 aromatic carbocycles. The largest absolute Gasteiger partial charge is 0.368 e. The number of fused-ring (bicyclic) bond motifs is 3. The number of rotatable bonds is 5. The van der Waals surface area contributed by atoms with Crippen molar-refractivity contribution in [2.45, 2.75) is 19.4 Å². The number of pyridine rings is 2. The Balaban J connectivity index is 1.75. The molecule has 5 aromatic rings. The second-order valence-electron chi connectivity index (χ2n) is 8.53. The van der Waals surface area contributed by atoms with Crippen molar-refractivity contribution in [1.29, 1.82) is 0 Å². The van der Waals surface area contributed by atoms with Crippen molar-refractivity contribution in [2.24, 2.45) is 11.5 Å². The van der Waals surface area contributed by atoms with Gasteiger partial charge in [-0.2, -0.15) is 5.10 Å². The van der Waals surface area contributed by atoms with E-state index in [0.29, 0.717) is 32.2 Å². The van der Waals surface area contributed by atoms with Crippen molar-refractivity contribution < 1.29 is 9.59 Å². The van der Waals surface area contributed by atoms with E-state index in [9.17, 15) is 9.59 Å². The van der Waals surface area contributed by atoms with Gasteiger partial charge in [-0.05, 0) is 38.1 Å². The molecule has 4 heterocycles. The minimum absolute atomic E-state index is 0.151. The SMILES string of the molecule is CC(C)(C(N)=O)n1cc(-c2cnc3ccn4c(C(N)=O)c(-c5c(Cl)cccc5Cl)nc4c3c2)cn1. The van der Waals surface area contributed by atoms with E-state index >= 15 is 0 Å². The second kappa shape index (κ2) is 8.07. The number of carbonyl (C=O) groups excluding carboxylic acids is 2. The minimum atomic E-state index is -1.00. The fraction of sp³-hybridized carbons (Fsp3) is 0.125. The average Bonchev–Trinajstić information content (AvgIpc) is 3.44. The lowest BCUT2D eigenvalue weighted by Gasteiger charge is -2.20. The summed E-state index contributed by atoms with van der Waals surface area (Å²) in [5.41, 5.74) is 13.7. The molecular weight excluding hydrogens is 489 g/mol. The Morgan fingerprint density at radius 3 is 2.40 bits per heavy atom. The lowest BCUT2D eigenvalue weighted by Crippen LogP contribution is -2.41. The van der Waals surface area contributed by atoms with Crippen LogP contribution in [-0.4, -0.2) is 36.0 Å². The maximum Gasteiger partial charge on any atom is 0.268 e. The number of nitrogens with zero attached hydrogens (tertiary/aromatic N) is 5. The molecule has 4 N–H and O–H groups in total. The first kappa shape index (κ1) is 22.8. The highest BCUT2D eigenvalue weighted by Gasteiger charge is 2.28. The zero-order valence-electron chi connectivity index (χ0n) is 18.7. The Morgan fingerprint density at radius 1 is 1.03 bits per heavy atom. The highest BCUT2D eigenvalue weighted by Crippen LogP contribution is 2.37. The van der Waals surface area contributed by atoms with Gasteiger partial charge in [-0.15, -0.1) is 0 Å². The Bertz CT molecular complexity index is 1650. The topological polar surface area (TPSA) is 134 Å². The van der Waals surface area contributed by atoms with Gasteiger partial charge in [-0.3, -0.25) is 23.7 Å². The van der Waals surface area contributed by atoms with Crippen molar-refractivity contribution in [3.05, 3.63) is 70.9 Å². The van der Waals surface area contributed by atoms with E-state index in [4.69, 9.17) is 39.7 Å². The lowest BCUT2D eigenvalue weighted by molar-refractivity contribution is -0.125. The smallest absolute Gasteiger partial charge is 0.268 e. The third kappa shape index (κ3) is 3.60. The lowest BCUT2D eigenvalue weighted by atomic mass is 10.1. The predicted octanol–water partition coefficient (Wildman–Crippen LogP) is 4.04. The van der Waals surface area contributed by atoms with Gasteiger partial charge in [-0.1, -0.05) is 29.3 Å². The van der Waals surface area contributed by atoms with Crippen LogP contribution in [0.5, 0.6) is 0 Å². The summed E-state index contributed by atoms with van der Waals surface area (Å²) in [6.07, 6.45) is 6.73. The van der Waals surface area contributed by atoms with Crippen LogP contribution in [0.25, 0.3) is 38.9 Å². The quantitative estimate of drug-likeness (QED) is 0.370. The van der Waals surface area contributed by atoms with Crippen molar-refractivity contribution in [3.63, 3.8) is 0 Å². The van der Waals surface area contributed by atoms with Crippen LogP contribution in [0, 0.1) is 0 Å². The molecule has 0 spiro atoms. The van der Waals surface area contributed by atoms with Gasteiger partial charge in [0, 0.05) is 40.7 Å². The zero-order valence-corrected chi connectivity index (χ0v) is 20.2. The number of carbonyl (C=O) groups is 2. The molecule has 0 fully saturated rings. The normalized spacial score (nSPS) is 11.9. The van der Waals surface area contributed by atoms with E-state index in [1.54, 1.807) is 67.3 Å². The number of nitrogens with two attached hydrogens (primary N) is 2. The van der Waals surface area contributed by atoms with Crippen molar-refractivity contribution in [3.8, 4) is 22.4 Å². The minimum Gasteiger partial charge on any atom is -0.368 e. The monoisotopic (exact) mass is 507 g/mol. The van der Waals surface area contributed by atoms with Gasteiger partial charge in [0.15, 0.2) is 0 Å². The molecule has 0 saturated heterocycles. The first-order valence-corrected chi connectivity index (χ1v) is 11.3. The Hall–Kier alpha value is -3.95. The Labute approximate surface area is 209 Å². The van der Waals surface area contributed by atoms with Crippen LogP contribution >= 0.6 is 23.2 Å². The molecule has 35 heavy (non-hydrogen) atoms. The van der Waals surface area contributed by atoms with Crippen LogP contribution in [0.1, 0.15) is 24.3 Å². The molecule has 0 aliphatic heterocycles. The third-order valence-corrected chi connectivity index (χ3v) is 6.61. The third-order valence-electron chi connectivity index (χ3n) is 5.98. The number of amides is 2. The van der Waals surface area contributed by atoms with Gasteiger partial charge in [0.25, 0.3) is 5.91 Å². The summed E-state index contributed by atoms with van der Waals surface area (Å²) in [7, 11) is 0. The summed E-state index contributed by atoms with van der Waals surface area (Å²) in [6.45, 7) is 3.37. The summed E-state index contributed by atoms with van der Waals surface area (Å²) in [5, 5.41) is 5.66.